The van der Waals surface area contributed by atoms with Gasteiger partial charge < -0.3 is 10.2 Å². The van der Waals surface area contributed by atoms with Gasteiger partial charge in [0.05, 0.1) is 28.3 Å². The largest absolute Gasteiger partial charge is 0.433 e. The third-order valence-electron chi connectivity index (χ3n) is 11.4. The number of piperidine rings is 1. The number of alkyl halides is 3. The van der Waals surface area contributed by atoms with Crippen molar-refractivity contribution in [3.05, 3.63) is 82.7 Å². The molecular formula is C39H42F3N9O4. The van der Waals surface area contributed by atoms with Crippen molar-refractivity contribution in [2.24, 2.45) is 13.0 Å². The number of piperazine rings is 1. The van der Waals surface area contributed by atoms with E-state index in [0.717, 1.165) is 86.1 Å². The van der Waals surface area contributed by atoms with E-state index in [0.29, 0.717) is 23.5 Å². The number of hydrogen-bond donors (Lipinski definition) is 2. The van der Waals surface area contributed by atoms with Crippen LogP contribution in [0.4, 0.5) is 24.5 Å². The zero-order valence-corrected chi connectivity index (χ0v) is 30.6. The summed E-state index contributed by atoms with van der Waals surface area (Å²) in [5.41, 5.74) is 1.95. The third kappa shape index (κ3) is 7.10. The van der Waals surface area contributed by atoms with Gasteiger partial charge >= 0.3 is 11.9 Å². The summed E-state index contributed by atoms with van der Waals surface area (Å²) in [6, 6.07) is 14.1. The molecule has 288 valence electrons. The van der Waals surface area contributed by atoms with Gasteiger partial charge in [0, 0.05) is 63.0 Å². The molecule has 55 heavy (non-hydrogen) atoms. The lowest BCUT2D eigenvalue weighted by atomic mass is 9.85. The van der Waals surface area contributed by atoms with Gasteiger partial charge in [-0.25, -0.2) is 9.78 Å². The minimum atomic E-state index is -4.64. The normalized spacial score (nSPS) is 22.7. The monoisotopic (exact) mass is 757 g/mol. The summed E-state index contributed by atoms with van der Waals surface area (Å²) in [7, 11) is 1.74. The van der Waals surface area contributed by atoms with E-state index in [1.807, 2.05) is 29.1 Å². The number of nitrogens with one attached hydrogen (secondary N) is 2. The molecule has 2 saturated heterocycles. The SMILES string of the molecule is C[C@@H]1CN(c2cccc3c2n(C)c(=O)n3C2CCC(=O)NC2=O)CCN1C[C@H]1CC[C@H](n2cc3cc(NC(=O)c4cccc(C(F)(F)F)n4)ccc3n2)CC1. The van der Waals surface area contributed by atoms with E-state index in [1.54, 1.807) is 29.8 Å². The maximum absolute atomic E-state index is 13.5. The van der Waals surface area contributed by atoms with Crippen molar-refractivity contribution < 1.29 is 27.6 Å². The van der Waals surface area contributed by atoms with Crippen molar-refractivity contribution in [3.8, 4) is 0 Å². The van der Waals surface area contributed by atoms with Gasteiger partial charge in [-0.3, -0.25) is 38.4 Å². The first-order chi connectivity index (χ1) is 26.3. The molecule has 8 rings (SSSR count). The standard InChI is InChI=1S/C39H42F3N9O4/c1-23-20-49(30-6-4-7-31-35(30)47(2)38(55)51(31)32-15-16-34(52)45-37(32)54)18-17-48(23)21-24-9-12-27(13-10-24)50-22-25-19-26(11-14-28(25)46-50)43-36(53)29-5-3-8-33(44-29)39(40,41)42/h3-8,11,14,19,22-24,27,32H,9-10,12-13,15-18,20-21H2,1-2H3,(H,43,53)(H,45,52,54)/t23-,24-,27-,32?/m1/s1. The number of imidazole rings is 1. The maximum Gasteiger partial charge on any atom is 0.433 e. The molecule has 3 amide bonds. The zero-order chi connectivity index (χ0) is 38.6. The first kappa shape index (κ1) is 36.5. The molecule has 1 saturated carbocycles. The van der Waals surface area contributed by atoms with Crippen LogP contribution in [0.3, 0.4) is 0 Å². The highest BCUT2D eigenvalue weighted by atomic mass is 19.4. The highest BCUT2D eigenvalue weighted by Gasteiger charge is 2.35. The van der Waals surface area contributed by atoms with Crippen molar-refractivity contribution in [2.75, 3.05) is 36.4 Å². The Hall–Kier alpha value is -5.51. The number of benzene rings is 2. The second-order valence-corrected chi connectivity index (χ2v) is 15.0. The number of hydrogen-bond acceptors (Lipinski definition) is 8. The van der Waals surface area contributed by atoms with Gasteiger partial charge in [0.1, 0.15) is 17.4 Å². The van der Waals surface area contributed by atoms with Gasteiger partial charge in [0.2, 0.25) is 11.8 Å². The van der Waals surface area contributed by atoms with Crippen LogP contribution in [0.1, 0.15) is 73.7 Å². The van der Waals surface area contributed by atoms with E-state index >= 15 is 0 Å². The Bertz CT molecular complexity index is 2360. The van der Waals surface area contributed by atoms with Crippen LogP contribution in [0.2, 0.25) is 0 Å². The van der Waals surface area contributed by atoms with Crippen LogP contribution in [-0.4, -0.2) is 78.7 Å². The van der Waals surface area contributed by atoms with Gasteiger partial charge in [-0.05, 0) is 87.4 Å². The van der Waals surface area contributed by atoms with Crippen molar-refractivity contribution in [1.29, 1.82) is 0 Å². The molecule has 5 aromatic rings. The molecule has 0 spiro atoms. The van der Waals surface area contributed by atoms with Gasteiger partial charge in [0.15, 0.2) is 0 Å². The minimum absolute atomic E-state index is 0.196. The number of imide groups is 1. The molecule has 1 aliphatic carbocycles. The fraction of sp³-hybridized carbons (Fsp3) is 0.436. The quantitative estimate of drug-likeness (QED) is 0.214. The molecule has 2 atom stereocenters. The third-order valence-corrected chi connectivity index (χ3v) is 11.4. The topological polar surface area (TPSA) is 139 Å². The number of rotatable bonds is 7. The van der Waals surface area contributed by atoms with Gasteiger partial charge in [-0.2, -0.15) is 18.3 Å². The number of anilines is 2. The van der Waals surface area contributed by atoms with Crippen LogP contribution < -0.4 is 21.2 Å². The molecule has 1 unspecified atom stereocenters. The fourth-order valence-corrected chi connectivity index (χ4v) is 8.54. The number of nitrogens with zero attached hydrogens (tertiary/aromatic N) is 7. The number of halogens is 3. The molecule has 16 heteroatoms. The average Bonchev–Trinajstić information content (AvgIpc) is 3.70. The molecular weight excluding hydrogens is 715 g/mol. The molecule has 5 heterocycles. The summed E-state index contributed by atoms with van der Waals surface area (Å²) < 4.78 is 44.4. The lowest BCUT2D eigenvalue weighted by molar-refractivity contribution is -0.141. The predicted octanol–water partition coefficient (Wildman–Crippen LogP) is 5.28. The first-order valence-electron chi connectivity index (χ1n) is 18.7. The average molecular weight is 758 g/mol. The van der Waals surface area contributed by atoms with Gasteiger partial charge in [-0.1, -0.05) is 12.1 Å². The summed E-state index contributed by atoms with van der Waals surface area (Å²) >= 11 is 0. The van der Waals surface area contributed by atoms with E-state index in [4.69, 9.17) is 5.10 Å². The van der Waals surface area contributed by atoms with Crippen LogP contribution in [-0.2, 0) is 22.8 Å². The Labute approximate surface area is 314 Å². The number of amides is 3. The highest BCUT2D eigenvalue weighted by molar-refractivity contribution is 6.04. The summed E-state index contributed by atoms with van der Waals surface area (Å²) in [5, 5.41) is 10.7. The number of aromatic nitrogens is 5. The summed E-state index contributed by atoms with van der Waals surface area (Å²) in [6.45, 7) is 5.72. The Morgan fingerprint density at radius 3 is 2.51 bits per heavy atom. The van der Waals surface area contributed by atoms with Gasteiger partial charge in [-0.15, -0.1) is 0 Å². The number of carbonyl (C=O) groups is 3. The van der Waals surface area contributed by atoms with Crippen LogP contribution in [0.5, 0.6) is 0 Å². The second kappa shape index (κ2) is 14.3. The zero-order valence-electron chi connectivity index (χ0n) is 30.6. The van der Waals surface area contributed by atoms with Crippen molar-refractivity contribution >= 4 is 51.0 Å². The number of carbonyl (C=O) groups excluding carboxylic acids is 3. The van der Waals surface area contributed by atoms with Crippen LogP contribution in [0, 0.1) is 5.92 Å². The second-order valence-electron chi connectivity index (χ2n) is 15.0. The Morgan fingerprint density at radius 1 is 0.982 bits per heavy atom. The van der Waals surface area contributed by atoms with Gasteiger partial charge in [0.25, 0.3) is 5.91 Å². The Morgan fingerprint density at radius 2 is 1.76 bits per heavy atom. The molecule has 3 aromatic heterocycles. The van der Waals surface area contributed by atoms with Crippen molar-refractivity contribution in [3.63, 3.8) is 0 Å². The maximum atomic E-state index is 13.5. The van der Waals surface area contributed by atoms with Crippen LogP contribution >= 0.6 is 0 Å². The molecule has 0 radical (unpaired) electrons. The minimum Gasteiger partial charge on any atom is -0.367 e. The molecule has 0 bridgehead atoms. The van der Waals surface area contributed by atoms with Crippen LogP contribution in [0.15, 0.2) is 65.6 Å². The summed E-state index contributed by atoms with van der Waals surface area (Å²) in [4.78, 5) is 59.0. The number of para-hydroxylation sites is 1. The summed E-state index contributed by atoms with van der Waals surface area (Å²) in [5.74, 6) is -0.933. The lowest BCUT2D eigenvalue weighted by Gasteiger charge is -2.43. The Kier molecular flexibility index (Phi) is 9.47. The van der Waals surface area contributed by atoms with Crippen molar-refractivity contribution in [1.82, 2.24) is 34.1 Å². The smallest absolute Gasteiger partial charge is 0.367 e. The van der Waals surface area contributed by atoms with Crippen LogP contribution in [0.25, 0.3) is 21.9 Å². The molecule has 2 N–H and O–H groups in total. The van der Waals surface area contributed by atoms with E-state index < -0.39 is 29.7 Å². The van der Waals surface area contributed by atoms with E-state index in [2.05, 4.69) is 32.3 Å². The molecule has 3 aliphatic rings. The predicted molar refractivity (Wildman–Crippen MR) is 200 cm³/mol. The number of aryl methyl sites for hydroxylation is 1. The highest BCUT2D eigenvalue weighted by Crippen LogP contribution is 2.36. The fourth-order valence-electron chi connectivity index (χ4n) is 8.54. The summed E-state index contributed by atoms with van der Waals surface area (Å²) in [6.07, 6.45) is 1.91. The molecule has 13 nitrogen and oxygen atoms in total. The number of fused-ring (bicyclic) bond motifs is 2. The molecule has 2 aromatic carbocycles. The lowest BCUT2D eigenvalue weighted by Crippen LogP contribution is -2.53. The van der Waals surface area contributed by atoms with E-state index in [1.165, 1.54) is 10.6 Å². The van der Waals surface area contributed by atoms with Crippen molar-refractivity contribution in [2.45, 2.75) is 69.8 Å². The van der Waals surface area contributed by atoms with E-state index in [-0.39, 0.29) is 35.8 Å². The Balaban J connectivity index is 0.873. The molecule has 3 fully saturated rings. The number of pyridine rings is 1. The van der Waals surface area contributed by atoms with E-state index in [9.17, 15) is 32.3 Å². The molecule has 2 aliphatic heterocycles. The first-order valence-corrected chi connectivity index (χ1v) is 18.7.